The van der Waals surface area contributed by atoms with Gasteiger partial charge in [-0.2, -0.15) is 0 Å². The number of rotatable bonds is 3. The summed E-state index contributed by atoms with van der Waals surface area (Å²) >= 11 is 0. The lowest BCUT2D eigenvalue weighted by Crippen LogP contribution is -2.36. The molecule has 2 aromatic carbocycles. The van der Waals surface area contributed by atoms with Crippen molar-refractivity contribution in [1.82, 2.24) is 24.6 Å². The van der Waals surface area contributed by atoms with Gasteiger partial charge in [0.05, 0.1) is 31.1 Å². The Labute approximate surface area is 173 Å². The maximum absolute atomic E-state index is 13.7. The van der Waals surface area contributed by atoms with E-state index < -0.39 is 0 Å². The number of aromatic nitrogens is 4. The highest BCUT2D eigenvalue weighted by molar-refractivity contribution is 5.94. The van der Waals surface area contributed by atoms with Gasteiger partial charge in [-0.3, -0.25) is 4.90 Å². The number of benzene rings is 2. The minimum atomic E-state index is -0.233. The van der Waals surface area contributed by atoms with Crippen LogP contribution in [0.2, 0.25) is 0 Å². The maximum Gasteiger partial charge on any atom is 0.197 e. The molecular weight excluding hydrogens is 383 g/mol. The average molecular weight is 406 g/mol. The smallest absolute Gasteiger partial charge is 0.197 e. The van der Waals surface area contributed by atoms with E-state index in [1.54, 1.807) is 13.2 Å². The Kier molecular flexibility index (Phi) is 4.25. The maximum atomic E-state index is 13.7. The summed E-state index contributed by atoms with van der Waals surface area (Å²) in [7, 11) is 3.67. The number of nitrogens with two attached hydrogens (primary N) is 1. The first-order chi connectivity index (χ1) is 14.5. The van der Waals surface area contributed by atoms with Crippen LogP contribution in [0, 0.1) is 12.7 Å². The number of fused-ring (bicyclic) bond motifs is 2. The van der Waals surface area contributed by atoms with E-state index in [1.807, 2.05) is 35.9 Å². The minimum Gasteiger partial charge on any atom is -0.494 e. The fraction of sp³-hybridized carbons (Fsp3) is 0.273. The zero-order valence-electron chi connectivity index (χ0n) is 17.1. The van der Waals surface area contributed by atoms with Crippen molar-refractivity contribution < 1.29 is 9.13 Å². The van der Waals surface area contributed by atoms with Gasteiger partial charge in [0.1, 0.15) is 11.6 Å². The van der Waals surface area contributed by atoms with Crippen LogP contribution in [-0.2, 0) is 6.54 Å². The molecule has 1 unspecified atom stereocenters. The van der Waals surface area contributed by atoms with E-state index in [1.165, 1.54) is 6.07 Å². The summed E-state index contributed by atoms with van der Waals surface area (Å²) in [6.45, 7) is 3.50. The zero-order valence-corrected chi connectivity index (χ0v) is 17.1. The van der Waals surface area contributed by atoms with Gasteiger partial charge < -0.3 is 15.5 Å². The summed E-state index contributed by atoms with van der Waals surface area (Å²) in [5, 5.41) is 5.65. The van der Waals surface area contributed by atoms with Crippen molar-refractivity contribution in [3.05, 3.63) is 59.2 Å². The summed E-state index contributed by atoms with van der Waals surface area (Å²) in [5.41, 5.74) is 10.3. The Morgan fingerprint density at radius 3 is 2.80 bits per heavy atom. The predicted molar refractivity (Wildman–Crippen MR) is 114 cm³/mol. The van der Waals surface area contributed by atoms with Crippen LogP contribution in [0.5, 0.6) is 5.75 Å². The van der Waals surface area contributed by atoms with Gasteiger partial charge >= 0.3 is 0 Å². The molecule has 1 aliphatic heterocycles. The molecule has 0 spiro atoms. The van der Waals surface area contributed by atoms with E-state index in [4.69, 9.17) is 20.6 Å². The van der Waals surface area contributed by atoms with Gasteiger partial charge in [0.15, 0.2) is 11.6 Å². The Bertz CT molecular complexity index is 1260. The molecule has 154 valence electrons. The second kappa shape index (κ2) is 6.84. The summed E-state index contributed by atoms with van der Waals surface area (Å²) in [6.07, 6.45) is 0. The highest BCUT2D eigenvalue weighted by Crippen LogP contribution is 2.36. The lowest BCUT2D eigenvalue weighted by Gasteiger charge is -2.33. The minimum absolute atomic E-state index is 0.0878. The molecule has 7 nitrogen and oxygen atoms in total. The zero-order chi connectivity index (χ0) is 21.0. The normalized spacial score (nSPS) is 16.7. The number of halogens is 1. The van der Waals surface area contributed by atoms with E-state index in [2.05, 4.69) is 16.9 Å². The molecule has 0 aliphatic carbocycles. The highest BCUT2D eigenvalue weighted by atomic mass is 19.1. The van der Waals surface area contributed by atoms with Crippen LogP contribution >= 0.6 is 0 Å². The van der Waals surface area contributed by atoms with Crippen molar-refractivity contribution in [3.8, 4) is 17.3 Å². The van der Waals surface area contributed by atoms with Gasteiger partial charge in [-0.05, 0) is 55.4 Å². The van der Waals surface area contributed by atoms with E-state index in [9.17, 15) is 4.39 Å². The molecule has 30 heavy (non-hydrogen) atoms. The third-order valence-corrected chi connectivity index (χ3v) is 5.81. The monoisotopic (exact) mass is 406 g/mol. The van der Waals surface area contributed by atoms with Crippen molar-refractivity contribution in [1.29, 1.82) is 0 Å². The largest absolute Gasteiger partial charge is 0.494 e. The number of ether oxygens (including phenoxy) is 1. The number of likely N-dealkylation sites (N-methyl/N-ethyl adjacent to an activating group) is 1. The van der Waals surface area contributed by atoms with Crippen molar-refractivity contribution in [2.24, 2.45) is 0 Å². The predicted octanol–water partition coefficient (Wildman–Crippen LogP) is 3.50. The number of nitrogen functional groups attached to an aromatic ring is 1. The lowest BCUT2D eigenvalue weighted by molar-refractivity contribution is 0.212. The van der Waals surface area contributed by atoms with Crippen molar-refractivity contribution in [3.63, 3.8) is 0 Å². The van der Waals surface area contributed by atoms with Crippen molar-refractivity contribution >= 4 is 16.6 Å². The Morgan fingerprint density at radius 2 is 2.03 bits per heavy atom. The third-order valence-electron chi connectivity index (χ3n) is 5.81. The van der Waals surface area contributed by atoms with Crippen molar-refractivity contribution in [2.75, 3.05) is 26.4 Å². The number of aromatic amines is 1. The molecule has 3 heterocycles. The van der Waals surface area contributed by atoms with Crippen LogP contribution in [0.1, 0.15) is 23.0 Å². The van der Waals surface area contributed by atoms with Crippen LogP contribution < -0.4 is 10.5 Å². The van der Waals surface area contributed by atoms with Gasteiger partial charge in [-0.25, -0.2) is 14.1 Å². The fourth-order valence-electron chi connectivity index (χ4n) is 4.28. The summed E-state index contributed by atoms with van der Waals surface area (Å²) < 4.78 is 21.1. The number of nitrogens with one attached hydrogen (secondary N) is 1. The topological polar surface area (TPSA) is 85.0 Å². The first-order valence-electron chi connectivity index (χ1n) is 9.83. The molecule has 0 saturated heterocycles. The van der Waals surface area contributed by atoms with Gasteiger partial charge in [0.2, 0.25) is 0 Å². The quantitative estimate of drug-likeness (QED) is 0.509. The Hall–Kier alpha value is -3.39. The molecule has 1 atom stereocenters. The van der Waals surface area contributed by atoms with Gasteiger partial charge in [-0.1, -0.05) is 6.07 Å². The molecular formula is C22H23FN6O. The molecule has 4 aromatic rings. The molecule has 0 radical (unpaired) electrons. The number of methoxy groups -OCH3 is 1. The summed E-state index contributed by atoms with van der Waals surface area (Å²) in [4.78, 5) is 10.5. The number of hydrogen-bond donors (Lipinski definition) is 2. The van der Waals surface area contributed by atoms with Crippen LogP contribution in [0.25, 0.3) is 22.4 Å². The molecule has 1 aliphatic rings. The Balaban J connectivity index is 1.62. The molecule has 0 saturated carbocycles. The van der Waals surface area contributed by atoms with Crippen LogP contribution in [0.3, 0.4) is 0 Å². The summed E-state index contributed by atoms with van der Waals surface area (Å²) in [6, 6.07) is 10.5. The molecule has 2 aromatic heterocycles. The van der Waals surface area contributed by atoms with Crippen LogP contribution in [-0.4, -0.2) is 45.4 Å². The van der Waals surface area contributed by atoms with E-state index in [-0.39, 0.29) is 11.9 Å². The molecule has 8 heteroatoms. The third kappa shape index (κ3) is 2.83. The number of anilines is 1. The molecule has 0 bridgehead atoms. The average Bonchev–Trinajstić information content (AvgIpc) is 3.33. The number of hydrogen-bond acceptors (Lipinski definition) is 5. The van der Waals surface area contributed by atoms with Gasteiger partial charge in [-0.15, -0.1) is 5.10 Å². The second-order valence-electron chi connectivity index (χ2n) is 7.73. The van der Waals surface area contributed by atoms with E-state index in [0.29, 0.717) is 17.3 Å². The fourth-order valence-corrected chi connectivity index (χ4v) is 4.28. The SMILES string of the molecule is COc1c(N)ccc2[nH]c(-c3nc4n(n3)CCN(C)C4c3ccc(F)cc3C)cc12. The standard InChI is InChI=1S/C22H23FN6O/c1-12-10-13(23)4-5-14(12)19-22-26-21(27-29(22)9-8-28(19)2)18-11-15-17(25-18)7-6-16(24)20(15)30-3/h4-7,10-11,19,25H,8-9,24H2,1-3H3. The van der Waals surface area contributed by atoms with E-state index >= 15 is 0 Å². The highest BCUT2D eigenvalue weighted by Gasteiger charge is 2.31. The van der Waals surface area contributed by atoms with Crippen LogP contribution in [0.4, 0.5) is 10.1 Å². The second-order valence-corrected chi connectivity index (χ2v) is 7.73. The summed E-state index contributed by atoms with van der Waals surface area (Å²) in [5.74, 6) is 1.86. The first-order valence-corrected chi connectivity index (χ1v) is 9.83. The molecule has 3 N–H and O–H groups in total. The Morgan fingerprint density at radius 1 is 1.20 bits per heavy atom. The molecule has 5 rings (SSSR count). The van der Waals surface area contributed by atoms with Gasteiger partial charge in [0.25, 0.3) is 0 Å². The number of nitrogens with zero attached hydrogens (tertiary/aromatic N) is 4. The first kappa shape index (κ1) is 18.6. The molecule has 0 amide bonds. The number of aryl methyl sites for hydroxylation is 1. The van der Waals surface area contributed by atoms with Crippen molar-refractivity contribution in [2.45, 2.75) is 19.5 Å². The van der Waals surface area contributed by atoms with Gasteiger partial charge in [0, 0.05) is 17.4 Å². The lowest BCUT2D eigenvalue weighted by atomic mass is 9.98. The van der Waals surface area contributed by atoms with E-state index in [0.717, 1.165) is 46.6 Å². The molecule has 0 fully saturated rings. The van der Waals surface area contributed by atoms with Crippen LogP contribution in [0.15, 0.2) is 36.4 Å². The number of H-pyrrole nitrogens is 1.